The molecule has 19 heavy (non-hydrogen) atoms. The molecule has 0 amide bonds. The summed E-state index contributed by atoms with van der Waals surface area (Å²) in [6.45, 7) is 0. The van der Waals surface area contributed by atoms with Crippen LogP contribution in [0.1, 0.15) is 10.4 Å². The van der Waals surface area contributed by atoms with Crippen LogP contribution in [0.4, 0.5) is 0 Å². The van der Waals surface area contributed by atoms with Crippen LogP contribution < -0.4 is 0 Å². The first-order chi connectivity index (χ1) is 9.29. The first kappa shape index (κ1) is 12.8. The number of carbonyl (C=O) groups is 1. The van der Waals surface area contributed by atoms with Crippen molar-refractivity contribution < 1.29 is 9.90 Å². The average molecular weight is 250 g/mol. The standard InChI is InChI=1S/C11H8O2.C6H6/c12-11(13)10-7-3-5-8-4-1-2-6-9(8)10;1-2-4-6-5-3-1/h1-7H,(H,12,13);1-6H. The van der Waals surface area contributed by atoms with Crippen LogP contribution in [-0.2, 0) is 0 Å². The van der Waals surface area contributed by atoms with Gasteiger partial charge in [-0.1, -0.05) is 72.8 Å². The van der Waals surface area contributed by atoms with Gasteiger partial charge in [0.25, 0.3) is 0 Å². The Morgan fingerprint density at radius 2 is 1.21 bits per heavy atom. The van der Waals surface area contributed by atoms with Gasteiger partial charge in [-0.25, -0.2) is 4.79 Å². The first-order valence-electron chi connectivity index (χ1n) is 6.00. The van der Waals surface area contributed by atoms with E-state index in [-0.39, 0.29) is 0 Å². The number of fused-ring (bicyclic) bond motifs is 1. The summed E-state index contributed by atoms with van der Waals surface area (Å²) in [7, 11) is 0. The lowest BCUT2D eigenvalue weighted by molar-refractivity contribution is 0.0699. The number of rotatable bonds is 1. The molecule has 0 aliphatic rings. The van der Waals surface area contributed by atoms with Crippen LogP contribution >= 0.6 is 0 Å². The monoisotopic (exact) mass is 250 g/mol. The minimum Gasteiger partial charge on any atom is -0.478 e. The molecule has 0 saturated carbocycles. The molecule has 0 atom stereocenters. The lowest BCUT2D eigenvalue weighted by Gasteiger charge is -2.00. The van der Waals surface area contributed by atoms with E-state index in [1.165, 1.54) is 0 Å². The Kier molecular flexibility index (Phi) is 4.29. The van der Waals surface area contributed by atoms with Gasteiger partial charge in [0, 0.05) is 0 Å². The highest BCUT2D eigenvalue weighted by Gasteiger charge is 2.05. The van der Waals surface area contributed by atoms with Crippen molar-refractivity contribution in [2.75, 3.05) is 0 Å². The van der Waals surface area contributed by atoms with Crippen LogP contribution in [0.15, 0.2) is 78.9 Å². The highest BCUT2D eigenvalue weighted by Crippen LogP contribution is 2.17. The smallest absolute Gasteiger partial charge is 0.336 e. The molecule has 0 aliphatic carbocycles. The minimum atomic E-state index is -0.878. The lowest BCUT2D eigenvalue weighted by atomic mass is 10.1. The molecule has 0 heterocycles. The second-order valence-corrected chi connectivity index (χ2v) is 3.99. The fraction of sp³-hybridized carbons (Fsp3) is 0. The van der Waals surface area contributed by atoms with Gasteiger partial charge in [-0.2, -0.15) is 0 Å². The Labute approximate surface area is 111 Å². The second-order valence-electron chi connectivity index (χ2n) is 3.99. The van der Waals surface area contributed by atoms with E-state index in [2.05, 4.69) is 0 Å². The Balaban J connectivity index is 0.000000186. The Morgan fingerprint density at radius 3 is 1.79 bits per heavy atom. The third-order valence-electron chi connectivity index (χ3n) is 2.69. The predicted molar refractivity (Wildman–Crippen MR) is 77.3 cm³/mol. The van der Waals surface area contributed by atoms with Crippen molar-refractivity contribution in [3.8, 4) is 0 Å². The van der Waals surface area contributed by atoms with Gasteiger partial charge in [0.2, 0.25) is 0 Å². The molecule has 1 N–H and O–H groups in total. The number of hydrogen-bond donors (Lipinski definition) is 1. The van der Waals surface area contributed by atoms with Crippen LogP contribution in [0.3, 0.4) is 0 Å². The maximum absolute atomic E-state index is 10.8. The summed E-state index contributed by atoms with van der Waals surface area (Å²) in [6.07, 6.45) is 0. The number of carboxylic acid groups (broad SMARTS) is 1. The molecule has 0 spiro atoms. The molecule has 3 aromatic rings. The van der Waals surface area contributed by atoms with Crippen LogP contribution in [-0.4, -0.2) is 11.1 Å². The van der Waals surface area contributed by atoms with Crippen molar-refractivity contribution in [3.63, 3.8) is 0 Å². The molecule has 0 unspecified atom stereocenters. The SMILES string of the molecule is O=C(O)c1cccc2ccccc12.c1ccccc1. The van der Waals surface area contributed by atoms with E-state index in [0.29, 0.717) is 5.56 Å². The molecule has 0 aromatic heterocycles. The third-order valence-corrected chi connectivity index (χ3v) is 2.69. The maximum atomic E-state index is 10.8. The Bertz CT molecular complexity index is 628. The normalized spacial score (nSPS) is 9.47. The van der Waals surface area contributed by atoms with E-state index < -0.39 is 5.97 Å². The molecule has 3 aromatic carbocycles. The van der Waals surface area contributed by atoms with Crippen LogP contribution in [0.2, 0.25) is 0 Å². The highest BCUT2D eigenvalue weighted by molar-refractivity contribution is 6.03. The average Bonchev–Trinajstić information content (AvgIpc) is 2.49. The second kappa shape index (κ2) is 6.36. The van der Waals surface area contributed by atoms with E-state index in [9.17, 15) is 4.79 Å². The lowest BCUT2D eigenvalue weighted by Crippen LogP contribution is -1.96. The van der Waals surface area contributed by atoms with E-state index in [1.54, 1.807) is 12.1 Å². The molecule has 2 nitrogen and oxygen atoms in total. The highest BCUT2D eigenvalue weighted by atomic mass is 16.4. The summed E-state index contributed by atoms with van der Waals surface area (Å²) in [5, 5.41) is 10.6. The summed E-state index contributed by atoms with van der Waals surface area (Å²) in [5.41, 5.74) is 0.359. The first-order valence-corrected chi connectivity index (χ1v) is 6.00. The van der Waals surface area contributed by atoms with E-state index in [0.717, 1.165) is 10.8 Å². The van der Waals surface area contributed by atoms with Gasteiger partial charge in [0.05, 0.1) is 5.56 Å². The van der Waals surface area contributed by atoms with Gasteiger partial charge < -0.3 is 5.11 Å². The molecule has 0 fully saturated rings. The molecular formula is C17H14O2. The number of carboxylic acids is 1. The Hall–Kier alpha value is -2.61. The molecule has 0 bridgehead atoms. The van der Waals surface area contributed by atoms with Gasteiger partial charge in [-0.15, -0.1) is 0 Å². The zero-order valence-corrected chi connectivity index (χ0v) is 10.4. The van der Waals surface area contributed by atoms with E-state index in [4.69, 9.17) is 5.11 Å². The molecular weight excluding hydrogens is 236 g/mol. The van der Waals surface area contributed by atoms with Crippen molar-refractivity contribution in [2.45, 2.75) is 0 Å². The van der Waals surface area contributed by atoms with Gasteiger partial charge in [-0.3, -0.25) is 0 Å². The predicted octanol–water partition coefficient (Wildman–Crippen LogP) is 4.22. The fourth-order valence-corrected chi connectivity index (χ4v) is 1.80. The molecule has 0 radical (unpaired) electrons. The number of benzene rings is 3. The van der Waals surface area contributed by atoms with Crippen molar-refractivity contribution >= 4 is 16.7 Å². The summed E-state index contributed by atoms with van der Waals surface area (Å²) in [6, 6.07) is 24.7. The van der Waals surface area contributed by atoms with Crippen molar-refractivity contribution in [2.24, 2.45) is 0 Å². The molecule has 0 saturated heterocycles. The fourth-order valence-electron chi connectivity index (χ4n) is 1.80. The van der Waals surface area contributed by atoms with Crippen molar-refractivity contribution in [1.82, 2.24) is 0 Å². The topological polar surface area (TPSA) is 37.3 Å². The Morgan fingerprint density at radius 1 is 0.684 bits per heavy atom. The van der Waals surface area contributed by atoms with Crippen LogP contribution in [0, 0.1) is 0 Å². The van der Waals surface area contributed by atoms with Gasteiger partial charge >= 0.3 is 5.97 Å². The zero-order valence-electron chi connectivity index (χ0n) is 10.4. The van der Waals surface area contributed by atoms with Crippen LogP contribution in [0.5, 0.6) is 0 Å². The van der Waals surface area contributed by atoms with Gasteiger partial charge in [-0.05, 0) is 16.8 Å². The van der Waals surface area contributed by atoms with Crippen molar-refractivity contribution in [3.05, 3.63) is 84.4 Å². The van der Waals surface area contributed by atoms with Crippen molar-refractivity contribution in [1.29, 1.82) is 0 Å². The van der Waals surface area contributed by atoms with E-state index >= 15 is 0 Å². The molecule has 94 valence electrons. The third kappa shape index (κ3) is 3.42. The quantitative estimate of drug-likeness (QED) is 0.702. The molecule has 0 aliphatic heterocycles. The summed E-state index contributed by atoms with van der Waals surface area (Å²) >= 11 is 0. The summed E-state index contributed by atoms with van der Waals surface area (Å²) in [5.74, 6) is -0.878. The van der Waals surface area contributed by atoms with Crippen LogP contribution in [0.25, 0.3) is 10.8 Å². The van der Waals surface area contributed by atoms with E-state index in [1.807, 2.05) is 66.7 Å². The summed E-state index contributed by atoms with van der Waals surface area (Å²) < 4.78 is 0. The largest absolute Gasteiger partial charge is 0.478 e. The molecule has 2 heteroatoms. The zero-order chi connectivity index (χ0) is 13.5. The maximum Gasteiger partial charge on any atom is 0.336 e. The summed E-state index contributed by atoms with van der Waals surface area (Å²) in [4.78, 5) is 10.8. The number of hydrogen-bond acceptors (Lipinski definition) is 1. The molecule has 3 rings (SSSR count). The van der Waals surface area contributed by atoms with Gasteiger partial charge in [0.15, 0.2) is 0 Å². The minimum absolute atomic E-state index is 0.359. The van der Waals surface area contributed by atoms with Gasteiger partial charge in [0.1, 0.15) is 0 Å². The number of aromatic carboxylic acids is 1.